The van der Waals surface area contributed by atoms with Crippen molar-refractivity contribution in [2.24, 2.45) is 5.73 Å². The van der Waals surface area contributed by atoms with Crippen molar-refractivity contribution in [1.29, 1.82) is 0 Å². The molecule has 5 heteroatoms. The summed E-state index contributed by atoms with van der Waals surface area (Å²) in [7, 11) is 2.17. The van der Waals surface area contributed by atoms with Crippen LogP contribution in [0.2, 0.25) is 0 Å². The molecule has 0 aliphatic carbocycles. The van der Waals surface area contributed by atoms with E-state index in [4.69, 9.17) is 5.73 Å². The fourth-order valence-corrected chi connectivity index (χ4v) is 3.56. The highest BCUT2D eigenvalue weighted by atomic mass is 79.9. The van der Waals surface area contributed by atoms with E-state index in [1.165, 1.54) is 4.88 Å². The molecule has 0 saturated carbocycles. The maximum Gasteiger partial charge on any atom is 0.0405 e. The van der Waals surface area contributed by atoms with E-state index in [0.717, 1.165) is 30.5 Å². The minimum Gasteiger partial charge on any atom is -0.323 e. The number of hydrogen-bond donors (Lipinski definition) is 2. The maximum absolute atomic E-state index is 6.22. The number of nitrogens with one attached hydrogen (secondary N) is 1. The SMILES string of the molecule is CN1CCNC(CC(N)c2cc(Br)cs2)C1. The monoisotopic (exact) mass is 303 g/mol. The van der Waals surface area contributed by atoms with Gasteiger partial charge in [-0.25, -0.2) is 0 Å². The fourth-order valence-electron chi connectivity index (χ4n) is 2.09. The molecule has 16 heavy (non-hydrogen) atoms. The smallest absolute Gasteiger partial charge is 0.0405 e. The molecular weight excluding hydrogens is 286 g/mol. The molecule has 2 rings (SSSR count). The molecule has 0 bridgehead atoms. The number of nitrogens with zero attached hydrogens (tertiary/aromatic N) is 1. The van der Waals surface area contributed by atoms with Gasteiger partial charge in [0.1, 0.15) is 0 Å². The second kappa shape index (κ2) is 5.60. The van der Waals surface area contributed by atoms with Crippen LogP contribution in [0, 0.1) is 0 Å². The molecule has 1 aromatic rings. The van der Waals surface area contributed by atoms with E-state index in [0.29, 0.717) is 6.04 Å². The quantitative estimate of drug-likeness (QED) is 0.895. The first-order valence-corrected chi connectivity index (χ1v) is 7.24. The zero-order valence-electron chi connectivity index (χ0n) is 9.45. The molecule has 3 nitrogen and oxygen atoms in total. The number of likely N-dealkylation sites (N-methyl/N-ethyl adjacent to an activating group) is 1. The summed E-state index contributed by atoms with van der Waals surface area (Å²) >= 11 is 5.20. The van der Waals surface area contributed by atoms with Gasteiger partial charge >= 0.3 is 0 Å². The van der Waals surface area contributed by atoms with E-state index in [1.54, 1.807) is 11.3 Å². The predicted molar refractivity (Wildman–Crippen MR) is 72.9 cm³/mol. The standard InChI is InChI=1S/C11H18BrN3S/c1-15-3-2-14-9(6-15)5-10(13)11-4-8(12)7-16-11/h4,7,9-10,14H,2-3,5-6,13H2,1H3. The summed E-state index contributed by atoms with van der Waals surface area (Å²) < 4.78 is 1.14. The number of thiophene rings is 1. The van der Waals surface area contributed by atoms with Gasteiger partial charge in [0.15, 0.2) is 0 Å². The average Bonchev–Trinajstić information content (AvgIpc) is 2.65. The Morgan fingerprint density at radius 1 is 1.75 bits per heavy atom. The lowest BCUT2D eigenvalue weighted by atomic mass is 10.0. The fraction of sp³-hybridized carbons (Fsp3) is 0.636. The Morgan fingerprint density at radius 2 is 2.56 bits per heavy atom. The van der Waals surface area contributed by atoms with Crippen LogP contribution in [0.4, 0.5) is 0 Å². The third kappa shape index (κ3) is 3.28. The Kier molecular flexibility index (Phi) is 4.38. The normalized spacial score (nSPS) is 24.6. The topological polar surface area (TPSA) is 41.3 Å². The first-order chi connectivity index (χ1) is 7.65. The van der Waals surface area contributed by atoms with Crippen molar-refractivity contribution < 1.29 is 0 Å². The predicted octanol–water partition coefficient (Wildman–Crippen LogP) is 1.80. The molecule has 90 valence electrons. The van der Waals surface area contributed by atoms with E-state index in [1.807, 2.05) is 0 Å². The summed E-state index contributed by atoms with van der Waals surface area (Å²) in [6.07, 6.45) is 1.01. The second-order valence-electron chi connectivity index (χ2n) is 4.42. The molecule has 2 atom stereocenters. The first-order valence-electron chi connectivity index (χ1n) is 5.56. The molecule has 1 aromatic heterocycles. The largest absolute Gasteiger partial charge is 0.323 e. The van der Waals surface area contributed by atoms with Crippen LogP contribution in [0.25, 0.3) is 0 Å². The van der Waals surface area contributed by atoms with Crippen LogP contribution < -0.4 is 11.1 Å². The molecule has 0 aromatic carbocycles. The number of piperazine rings is 1. The number of hydrogen-bond acceptors (Lipinski definition) is 4. The van der Waals surface area contributed by atoms with Crippen LogP contribution in [-0.2, 0) is 0 Å². The van der Waals surface area contributed by atoms with Gasteiger partial charge in [-0.2, -0.15) is 0 Å². The van der Waals surface area contributed by atoms with Crippen LogP contribution in [0.1, 0.15) is 17.3 Å². The van der Waals surface area contributed by atoms with Gasteiger partial charge < -0.3 is 16.0 Å². The molecule has 3 N–H and O–H groups in total. The van der Waals surface area contributed by atoms with Gasteiger partial charge in [0.25, 0.3) is 0 Å². The summed E-state index contributed by atoms with van der Waals surface area (Å²) in [5, 5.41) is 5.62. The highest BCUT2D eigenvalue weighted by Crippen LogP contribution is 2.27. The maximum atomic E-state index is 6.22. The molecule has 2 unspecified atom stereocenters. The van der Waals surface area contributed by atoms with E-state index >= 15 is 0 Å². The van der Waals surface area contributed by atoms with Gasteiger partial charge in [0.2, 0.25) is 0 Å². The minimum atomic E-state index is 0.153. The molecule has 0 spiro atoms. The van der Waals surface area contributed by atoms with Crippen LogP contribution in [0.3, 0.4) is 0 Å². The van der Waals surface area contributed by atoms with Crippen molar-refractivity contribution in [2.75, 3.05) is 26.7 Å². The molecular formula is C11H18BrN3S. The summed E-state index contributed by atoms with van der Waals surface area (Å²) in [5.41, 5.74) is 6.22. The van der Waals surface area contributed by atoms with E-state index in [-0.39, 0.29) is 6.04 Å². The molecule has 2 heterocycles. The van der Waals surface area contributed by atoms with Gasteiger partial charge in [0.05, 0.1) is 0 Å². The molecule has 0 amide bonds. The van der Waals surface area contributed by atoms with Gasteiger partial charge in [-0.1, -0.05) is 0 Å². The Hall–Kier alpha value is 0.0600. The molecule has 1 aliphatic rings. The highest BCUT2D eigenvalue weighted by Gasteiger charge is 2.20. The van der Waals surface area contributed by atoms with E-state index in [9.17, 15) is 0 Å². The third-order valence-corrected chi connectivity index (χ3v) is 4.78. The Labute approximate surface area is 109 Å². The Balaban J connectivity index is 1.89. The summed E-state index contributed by atoms with van der Waals surface area (Å²) in [6.45, 7) is 3.30. The average molecular weight is 304 g/mol. The highest BCUT2D eigenvalue weighted by molar-refractivity contribution is 9.10. The van der Waals surface area contributed by atoms with Gasteiger partial charge in [-0.3, -0.25) is 0 Å². The number of rotatable bonds is 3. The summed E-state index contributed by atoms with van der Waals surface area (Å²) in [5.74, 6) is 0. The third-order valence-electron chi connectivity index (χ3n) is 2.95. The molecule has 1 saturated heterocycles. The van der Waals surface area contributed by atoms with Crippen molar-refractivity contribution in [1.82, 2.24) is 10.2 Å². The van der Waals surface area contributed by atoms with Crippen LogP contribution in [0.5, 0.6) is 0 Å². The second-order valence-corrected chi connectivity index (χ2v) is 6.28. The van der Waals surface area contributed by atoms with Crippen LogP contribution >= 0.6 is 27.3 Å². The first kappa shape index (κ1) is 12.5. The molecule has 1 aliphatic heterocycles. The van der Waals surface area contributed by atoms with Crippen molar-refractivity contribution in [2.45, 2.75) is 18.5 Å². The summed E-state index contributed by atoms with van der Waals surface area (Å²) in [4.78, 5) is 3.62. The van der Waals surface area contributed by atoms with Crippen molar-refractivity contribution in [3.05, 3.63) is 20.8 Å². The molecule has 1 fully saturated rings. The van der Waals surface area contributed by atoms with Crippen molar-refractivity contribution in [3.8, 4) is 0 Å². The van der Waals surface area contributed by atoms with E-state index in [2.05, 4.69) is 44.6 Å². The van der Waals surface area contributed by atoms with Crippen LogP contribution in [-0.4, -0.2) is 37.6 Å². The van der Waals surface area contributed by atoms with Gasteiger partial charge in [-0.05, 0) is 35.5 Å². The minimum absolute atomic E-state index is 0.153. The summed E-state index contributed by atoms with van der Waals surface area (Å²) in [6, 6.07) is 2.80. The van der Waals surface area contributed by atoms with E-state index < -0.39 is 0 Å². The zero-order chi connectivity index (χ0) is 11.5. The van der Waals surface area contributed by atoms with Gasteiger partial charge in [-0.15, -0.1) is 11.3 Å². The zero-order valence-corrected chi connectivity index (χ0v) is 11.9. The molecule has 0 radical (unpaired) electrons. The van der Waals surface area contributed by atoms with Crippen molar-refractivity contribution in [3.63, 3.8) is 0 Å². The number of nitrogens with two attached hydrogens (primary N) is 1. The number of halogens is 1. The van der Waals surface area contributed by atoms with Crippen LogP contribution in [0.15, 0.2) is 15.9 Å². The Bertz CT molecular complexity index is 342. The lowest BCUT2D eigenvalue weighted by Crippen LogP contribution is -2.49. The lowest BCUT2D eigenvalue weighted by Gasteiger charge is -2.32. The van der Waals surface area contributed by atoms with Gasteiger partial charge in [0, 0.05) is 46.4 Å². The Morgan fingerprint density at radius 3 is 3.19 bits per heavy atom. The lowest BCUT2D eigenvalue weighted by molar-refractivity contribution is 0.226. The van der Waals surface area contributed by atoms with Crippen molar-refractivity contribution >= 4 is 27.3 Å².